The summed E-state index contributed by atoms with van der Waals surface area (Å²) >= 11 is 3.40. The summed E-state index contributed by atoms with van der Waals surface area (Å²) in [6.07, 6.45) is 0.803. The van der Waals surface area contributed by atoms with Gasteiger partial charge in [0.05, 0.1) is 5.75 Å². The van der Waals surface area contributed by atoms with Crippen molar-refractivity contribution < 1.29 is 13.2 Å². The lowest BCUT2D eigenvalue weighted by atomic mass is 10.1. The van der Waals surface area contributed by atoms with Gasteiger partial charge in [0, 0.05) is 16.9 Å². The number of rotatable bonds is 5. The van der Waals surface area contributed by atoms with Crippen molar-refractivity contribution in [2.24, 2.45) is 11.1 Å². The van der Waals surface area contributed by atoms with Crippen LogP contribution in [0.5, 0.6) is 0 Å². The second-order valence-electron chi connectivity index (χ2n) is 4.66. The first-order valence-corrected chi connectivity index (χ1v) is 8.41. The van der Waals surface area contributed by atoms with Gasteiger partial charge in [-0.3, -0.25) is 4.79 Å². The molecule has 0 aliphatic heterocycles. The Bertz CT molecular complexity index is 588. The van der Waals surface area contributed by atoms with E-state index >= 15 is 0 Å². The number of halogens is 1. The van der Waals surface area contributed by atoms with Crippen molar-refractivity contribution >= 4 is 31.9 Å². The lowest BCUT2D eigenvalue weighted by Gasteiger charge is -2.04. The quantitative estimate of drug-likeness (QED) is 0.831. The van der Waals surface area contributed by atoms with Gasteiger partial charge >= 0.3 is 0 Å². The van der Waals surface area contributed by atoms with Crippen molar-refractivity contribution in [2.75, 3.05) is 12.3 Å². The topological polar surface area (TPSA) is 89.3 Å². The van der Waals surface area contributed by atoms with Gasteiger partial charge in [-0.25, -0.2) is 13.6 Å². The van der Waals surface area contributed by atoms with E-state index in [-0.39, 0.29) is 30.0 Å². The molecule has 0 heterocycles. The molecule has 3 N–H and O–H groups in total. The van der Waals surface area contributed by atoms with Gasteiger partial charge in [-0.15, -0.1) is 0 Å². The highest BCUT2D eigenvalue weighted by atomic mass is 79.9. The number of carbonyl (C=O) groups is 1. The predicted molar refractivity (Wildman–Crippen MR) is 76.0 cm³/mol. The fraction of sp³-hybridized carbons (Fsp3) is 0.417. The first-order chi connectivity index (χ1) is 8.87. The maximum atomic E-state index is 11.8. The molecule has 1 aromatic carbocycles. The van der Waals surface area contributed by atoms with Crippen LogP contribution in [-0.4, -0.2) is 26.6 Å². The maximum absolute atomic E-state index is 11.8. The zero-order valence-electron chi connectivity index (χ0n) is 10.2. The molecule has 2 atom stereocenters. The zero-order valence-corrected chi connectivity index (χ0v) is 12.6. The van der Waals surface area contributed by atoms with Crippen molar-refractivity contribution in [3.05, 3.63) is 34.3 Å². The van der Waals surface area contributed by atoms with Crippen molar-refractivity contribution in [3.63, 3.8) is 0 Å². The molecule has 1 fully saturated rings. The van der Waals surface area contributed by atoms with Gasteiger partial charge in [-0.1, -0.05) is 28.1 Å². The second kappa shape index (κ2) is 5.60. The normalized spacial score (nSPS) is 22.0. The average molecular weight is 347 g/mol. The Balaban J connectivity index is 1.84. The minimum Gasteiger partial charge on any atom is -0.355 e. The van der Waals surface area contributed by atoms with Crippen LogP contribution in [0.4, 0.5) is 0 Å². The van der Waals surface area contributed by atoms with Gasteiger partial charge in [0.2, 0.25) is 15.9 Å². The van der Waals surface area contributed by atoms with E-state index < -0.39 is 10.0 Å². The summed E-state index contributed by atoms with van der Waals surface area (Å²) in [6.45, 7) is 0.0688. The average Bonchev–Trinajstić information content (AvgIpc) is 3.07. The third kappa shape index (κ3) is 4.29. The summed E-state index contributed by atoms with van der Waals surface area (Å²) in [6, 6.07) is 7.87. The fourth-order valence-electron chi connectivity index (χ4n) is 2.04. The number of nitrogens with two attached hydrogens (primary N) is 1. The molecule has 5 nitrogen and oxygen atoms in total. The minimum absolute atomic E-state index is 0.0604. The van der Waals surface area contributed by atoms with E-state index in [1.807, 2.05) is 24.3 Å². The smallest absolute Gasteiger partial charge is 0.223 e. The van der Waals surface area contributed by atoms with Gasteiger partial charge in [0.25, 0.3) is 0 Å². The van der Waals surface area contributed by atoms with E-state index in [0.717, 1.165) is 16.5 Å². The molecule has 1 aromatic rings. The van der Waals surface area contributed by atoms with Crippen LogP contribution in [0.3, 0.4) is 0 Å². The lowest BCUT2D eigenvalue weighted by molar-refractivity contribution is -0.122. The summed E-state index contributed by atoms with van der Waals surface area (Å²) in [7, 11) is -3.52. The zero-order chi connectivity index (χ0) is 14.0. The Morgan fingerprint density at radius 2 is 2.21 bits per heavy atom. The van der Waals surface area contributed by atoms with E-state index in [9.17, 15) is 13.2 Å². The van der Waals surface area contributed by atoms with Gasteiger partial charge < -0.3 is 5.32 Å². The van der Waals surface area contributed by atoms with Gasteiger partial charge in [-0.05, 0) is 30.0 Å². The number of benzene rings is 1. The lowest BCUT2D eigenvalue weighted by Crippen LogP contribution is -2.32. The first kappa shape index (κ1) is 14.5. The summed E-state index contributed by atoms with van der Waals surface area (Å²) in [5, 5.41) is 7.47. The highest BCUT2D eigenvalue weighted by molar-refractivity contribution is 9.10. The number of carbonyl (C=O) groups excluding carboxylic acids is 1. The van der Waals surface area contributed by atoms with Crippen molar-refractivity contribution in [2.45, 2.75) is 12.3 Å². The van der Waals surface area contributed by atoms with Crippen LogP contribution < -0.4 is 10.5 Å². The van der Waals surface area contributed by atoms with Crippen LogP contribution in [0.1, 0.15) is 17.9 Å². The molecule has 0 unspecified atom stereocenters. The van der Waals surface area contributed by atoms with Crippen LogP contribution in [0.2, 0.25) is 0 Å². The number of hydrogen-bond acceptors (Lipinski definition) is 3. The Morgan fingerprint density at radius 3 is 2.84 bits per heavy atom. The molecular formula is C12H15BrN2O3S. The third-order valence-electron chi connectivity index (χ3n) is 3.09. The van der Waals surface area contributed by atoms with Crippen molar-refractivity contribution in [3.8, 4) is 0 Å². The van der Waals surface area contributed by atoms with Crippen LogP contribution >= 0.6 is 15.9 Å². The van der Waals surface area contributed by atoms with E-state index in [2.05, 4.69) is 21.2 Å². The number of primary sulfonamides is 1. The summed E-state index contributed by atoms with van der Waals surface area (Å²) < 4.78 is 22.5. The summed E-state index contributed by atoms with van der Waals surface area (Å²) in [5.74, 6) is -0.164. The van der Waals surface area contributed by atoms with Crippen LogP contribution in [0, 0.1) is 5.92 Å². The summed E-state index contributed by atoms with van der Waals surface area (Å²) in [4.78, 5) is 11.8. The van der Waals surface area contributed by atoms with Gasteiger partial charge in [0.15, 0.2) is 0 Å². The Labute approximate surface area is 120 Å². The van der Waals surface area contributed by atoms with Crippen LogP contribution in [-0.2, 0) is 14.8 Å². The van der Waals surface area contributed by atoms with E-state index in [4.69, 9.17) is 5.14 Å². The predicted octanol–water partition coefficient (Wildman–Crippen LogP) is 0.957. The Hall–Kier alpha value is -0.920. The molecule has 104 valence electrons. The molecule has 1 amide bonds. The molecule has 0 aromatic heterocycles. The second-order valence-corrected chi connectivity index (χ2v) is 7.31. The molecule has 1 saturated carbocycles. The van der Waals surface area contributed by atoms with Crippen molar-refractivity contribution in [1.82, 2.24) is 5.32 Å². The largest absolute Gasteiger partial charge is 0.355 e. The molecule has 1 aliphatic carbocycles. The van der Waals surface area contributed by atoms with E-state index in [1.165, 1.54) is 0 Å². The molecular weight excluding hydrogens is 332 g/mol. The Kier molecular flexibility index (Phi) is 4.27. The maximum Gasteiger partial charge on any atom is 0.223 e. The van der Waals surface area contributed by atoms with Gasteiger partial charge in [-0.2, -0.15) is 0 Å². The van der Waals surface area contributed by atoms with Crippen LogP contribution in [0.25, 0.3) is 0 Å². The molecule has 19 heavy (non-hydrogen) atoms. The number of sulfonamides is 1. The molecule has 7 heteroatoms. The molecule has 1 aliphatic rings. The van der Waals surface area contributed by atoms with Gasteiger partial charge in [0.1, 0.15) is 0 Å². The molecule has 0 spiro atoms. The van der Waals surface area contributed by atoms with Crippen LogP contribution in [0.15, 0.2) is 28.7 Å². The van der Waals surface area contributed by atoms with Crippen molar-refractivity contribution in [1.29, 1.82) is 0 Å². The SMILES string of the molecule is NS(=O)(=O)CCNC(=O)[C@H]1C[C@@H]1c1cccc(Br)c1. The highest BCUT2D eigenvalue weighted by Gasteiger charge is 2.43. The van der Waals surface area contributed by atoms with E-state index in [0.29, 0.717) is 0 Å². The Morgan fingerprint density at radius 1 is 1.47 bits per heavy atom. The first-order valence-electron chi connectivity index (χ1n) is 5.90. The summed E-state index contributed by atoms with van der Waals surface area (Å²) in [5.41, 5.74) is 1.13. The molecule has 0 bridgehead atoms. The number of hydrogen-bond donors (Lipinski definition) is 2. The fourth-order valence-corrected chi connectivity index (χ4v) is 2.84. The third-order valence-corrected chi connectivity index (χ3v) is 4.36. The molecule has 2 rings (SSSR count). The monoisotopic (exact) mass is 346 g/mol. The highest BCUT2D eigenvalue weighted by Crippen LogP contribution is 2.47. The standard InChI is InChI=1S/C12H15BrN2O3S/c13-9-3-1-2-8(6-9)10-7-11(10)12(16)15-4-5-19(14,17)18/h1-3,6,10-11H,4-5,7H2,(H,15,16)(H2,14,17,18)/t10-,11+/m1/s1. The number of nitrogens with one attached hydrogen (secondary N) is 1. The minimum atomic E-state index is -3.52. The molecule has 0 saturated heterocycles. The molecule has 0 radical (unpaired) electrons. The van der Waals surface area contributed by atoms with E-state index in [1.54, 1.807) is 0 Å². The number of amides is 1.